The molecule has 0 unspecified atom stereocenters. The number of anilines is 2. The van der Waals surface area contributed by atoms with E-state index >= 15 is 0 Å². The normalized spacial score (nSPS) is 11.1. The molecule has 0 aromatic heterocycles. The molecular formula is C15H18N2O3S. The van der Waals surface area contributed by atoms with E-state index in [9.17, 15) is 8.42 Å². The highest BCUT2D eigenvalue weighted by Gasteiger charge is 2.10. The van der Waals surface area contributed by atoms with E-state index in [1.165, 1.54) is 0 Å². The van der Waals surface area contributed by atoms with Crippen LogP contribution < -0.4 is 15.2 Å². The molecule has 5 nitrogen and oxygen atoms in total. The molecule has 2 aromatic carbocycles. The highest BCUT2D eigenvalue weighted by Crippen LogP contribution is 2.14. The second-order valence-corrected chi connectivity index (χ2v) is 6.55. The number of sulfonamides is 1. The molecule has 112 valence electrons. The first kappa shape index (κ1) is 15.2. The quantitative estimate of drug-likeness (QED) is 0.803. The minimum absolute atomic E-state index is 0.0745. The Labute approximate surface area is 124 Å². The summed E-state index contributed by atoms with van der Waals surface area (Å²) in [7, 11) is -3.43. The van der Waals surface area contributed by atoms with Crippen molar-refractivity contribution in [3.05, 3.63) is 54.1 Å². The maximum atomic E-state index is 11.9. The molecule has 0 amide bonds. The van der Waals surface area contributed by atoms with Gasteiger partial charge in [-0.15, -0.1) is 0 Å². The fourth-order valence-electron chi connectivity index (χ4n) is 1.69. The molecule has 3 N–H and O–H groups in total. The Bertz CT molecular complexity index is 680. The van der Waals surface area contributed by atoms with E-state index in [-0.39, 0.29) is 12.4 Å². The van der Waals surface area contributed by atoms with Crippen LogP contribution >= 0.6 is 0 Å². The van der Waals surface area contributed by atoms with Crippen LogP contribution in [0, 0.1) is 6.92 Å². The van der Waals surface area contributed by atoms with Crippen molar-refractivity contribution < 1.29 is 13.2 Å². The van der Waals surface area contributed by atoms with Gasteiger partial charge in [-0.05, 0) is 43.3 Å². The van der Waals surface area contributed by atoms with Gasteiger partial charge in [0.2, 0.25) is 10.0 Å². The number of hydrogen-bond acceptors (Lipinski definition) is 4. The largest absolute Gasteiger partial charge is 0.492 e. The molecule has 0 bridgehead atoms. The highest BCUT2D eigenvalue weighted by atomic mass is 32.2. The van der Waals surface area contributed by atoms with Crippen molar-refractivity contribution in [2.75, 3.05) is 22.8 Å². The summed E-state index contributed by atoms with van der Waals surface area (Å²) in [5, 5.41) is 0. The predicted octanol–water partition coefficient (Wildman–Crippen LogP) is 2.40. The number of aryl methyl sites for hydroxylation is 1. The molecular weight excluding hydrogens is 288 g/mol. The zero-order valence-corrected chi connectivity index (χ0v) is 12.6. The van der Waals surface area contributed by atoms with Crippen LogP contribution in [0.1, 0.15) is 5.56 Å². The summed E-state index contributed by atoms with van der Waals surface area (Å²) in [6, 6.07) is 14.0. The Morgan fingerprint density at radius 2 is 1.67 bits per heavy atom. The number of nitrogen functional groups attached to an aromatic ring is 1. The van der Waals surface area contributed by atoms with Crippen molar-refractivity contribution in [1.29, 1.82) is 0 Å². The standard InChI is InChI=1S/C15H18N2O3S/c1-12-2-6-14(7-3-12)17-21(18,19)11-10-20-15-8-4-13(16)5-9-15/h2-9,17H,10-11,16H2,1H3. The number of ether oxygens (including phenoxy) is 1. The maximum Gasteiger partial charge on any atom is 0.236 e. The van der Waals surface area contributed by atoms with Crippen molar-refractivity contribution in [2.24, 2.45) is 0 Å². The van der Waals surface area contributed by atoms with Gasteiger partial charge in [-0.3, -0.25) is 4.72 Å². The Kier molecular flexibility index (Phi) is 4.70. The molecule has 0 saturated carbocycles. The van der Waals surface area contributed by atoms with Crippen molar-refractivity contribution in [1.82, 2.24) is 0 Å². The van der Waals surface area contributed by atoms with Gasteiger partial charge in [0.1, 0.15) is 18.1 Å². The molecule has 0 aliphatic heterocycles. The average molecular weight is 306 g/mol. The van der Waals surface area contributed by atoms with Crippen LogP contribution in [0.3, 0.4) is 0 Å². The molecule has 6 heteroatoms. The number of rotatable bonds is 6. The molecule has 0 heterocycles. The molecule has 21 heavy (non-hydrogen) atoms. The van der Waals surface area contributed by atoms with E-state index in [0.29, 0.717) is 17.1 Å². The second kappa shape index (κ2) is 6.49. The second-order valence-electron chi connectivity index (χ2n) is 4.70. The summed E-state index contributed by atoms with van der Waals surface area (Å²) in [6.45, 7) is 2.02. The summed E-state index contributed by atoms with van der Waals surface area (Å²) < 4.78 is 31.7. The number of hydrogen-bond donors (Lipinski definition) is 2. The molecule has 2 aromatic rings. The summed E-state index contributed by atoms with van der Waals surface area (Å²) in [6.07, 6.45) is 0. The van der Waals surface area contributed by atoms with Gasteiger partial charge in [-0.1, -0.05) is 17.7 Å². The predicted molar refractivity (Wildman–Crippen MR) is 84.9 cm³/mol. The summed E-state index contributed by atoms with van der Waals surface area (Å²) in [5.74, 6) is 0.473. The van der Waals surface area contributed by atoms with Crippen LogP contribution in [0.5, 0.6) is 5.75 Å². The third kappa shape index (κ3) is 5.00. The molecule has 0 saturated heterocycles. The lowest BCUT2D eigenvalue weighted by Gasteiger charge is -2.09. The average Bonchev–Trinajstić information content (AvgIpc) is 2.43. The fraction of sp³-hybridized carbons (Fsp3) is 0.200. The Hall–Kier alpha value is -2.21. The van der Waals surface area contributed by atoms with Gasteiger partial charge < -0.3 is 10.5 Å². The van der Waals surface area contributed by atoms with Gasteiger partial charge in [0.15, 0.2) is 0 Å². The smallest absolute Gasteiger partial charge is 0.236 e. The first-order valence-electron chi connectivity index (χ1n) is 6.50. The van der Waals surface area contributed by atoms with Crippen LogP contribution in [0.15, 0.2) is 48.5 Å². The Balaban J connectivity index is 1.86. The van der Waals surface area contributed by atoms with Gasteiger partial charge in [0.05, 0.1) is 0 Å². The van der Waals surface area contributed by atoms with Gasteiger partial charge in [0, 0.05) is 11.4 Å². The van der Waals surface area contributed by atoms with E-state index < -0.39 is 10.0 Å². The molecule has 2 rings (SSSR count). The Morgan fingerprint density at radius 3 is 2.29 bits per heavy atom. The van der Waals surface area contributed by atoms with E-state index in [2.05, 4.69) is 4.72 Å². The molecule has 0 radical (unpaired) electrons. The van der Waals surface area contributed by atoms with Crippen LogP contribution in [0.25, 0.3) is 0 Å². The van der Waals surface area contributed by atoms with E-state index in [4.69, 9.17) is 10.5 Å². The first-order valence-corrected chi connectivity index (χ1v) is 8.15. The lowest BCUT2D eigenvalue weighted by Crippen LogP contribution is -2.21. The Morgan fingerprint density at radius 1 is 1.05 bits per heavy atom. The maximum absolute atomic E-state index is 11.9. The summed E-state index contributed by atoms with van der Waals surface area (Å²) in [5.41, 5.74) is 7.82. The van der Waals surface area contributed by atoms with Crippen LogP contribution in [0.4, 0.5) is 11.4 Å². The zero-order chi connectivity index (χ0) is 15.3. The van der Waals surface area contributed by atoms with E-state index in [0.717, 1.165) is 5.56 Å². The van der Waals surface area contributed by atoms with E-state index in [1.807, 2.05) is 19.1 Å². The number of nitrogens with two attached hydrogens (primary N) is 1. The highest BCUT2D eigenvalue weighted by molar-refractivity contribution is 7.92. The van der Waals surface area contributed by atoms with Crippen molar-refractivity contribution in [3.8, 4) is 5.75 Å². The third-order valence-corrected chi connectivity index (χ3v) is 4.08. The SMILES string of the molecule is Cc1ccc(NS(=O)(=O)CCOc2ccc(N)cc2)cc1. The lowest BCUT2D eigenvalue weighted by atomic mass is 10.2. The third-order valence-electron chi connectivity index (χ3n) is 2.83. The van der Waals surface area contributed by atoms with Crippen LogP contribution in [-0.2, 0) is 10.0 Å². The van der Waals surface area contributed by atoms with Crippen LogP contribution in [-0.4, -0.2) is 20.8 Å². The van der Waals surface area contributed by atoms with Gasteiger partial charge >= 0.3 is 0 Å². The van der Waals surface area contributed by atoms with Crippen molar-refractivity contribution in [2.45, 2.75) is 6.92 Å². The zero-order valence-electron chi connectivity index (χ0n) is 11.7. The molecule has 0 aliphatic rings. The molecule has 0 spiro atoms. The summed E-state index contributed by atoms with van der Waals surface area (Å²) in [4.78, 5) is 0. The minimum Gasteiger partial charge on any atom is -0.492 e. The fourth-order valence-corrected chi connectivity index (χ4v) is 2.59. The van der Waals surface area contributed by atoms with Gasteiger partial charge in [0.25, 0.3) is 0 Å². The number of benzene rings is 2. The van der Waals surface area contributed by atoms with Gasteiger partial charge in [-0.2, -0.15) is 0 Å². The molecule has 0 atom stereocenters. The summed E-state index contributed by atoms with van der Waals surface area (Å²) >= 11 is 0. The lowest BCUT2D eigenvalue weighted by molar-refractivity contribution is 0.341. The number of nitrogens with one attached hydrogen (secondary N) is 1. The van der Waals surface area contributed by atoms with E-state index in [1.54, 1.807) is 36.4 Å². The minimum atomic E-state index is -3.43. The van der Waals surface area contributed by atoms with Crippen LogP contribution in [0.2, 0.25) is 0 Å². The molecule has 0 fully saturated rings. The topological polar surface area (TPSA) is 81.4 Å². The van der Waals surface area contributed by atoms with Gasteiger partial charge in [-0.25, -0.2) is 8.42 Å². The van der Waals surface area contributed by atoms with Crippen molar-refractivity contribution >= 4 is 21.4 Å². The first-order chi connectivity index (χ1) is 9.94. The van der Waals surface area contributed by atoms with Crippen molar-refractivity contribution in [3.63, 3.8) is 0 Å². The molecule has 0 aliphatic carbocycles. The monoisotopic (exact) mass is 306 g/mol.